The van der Waals surface area contributed by atoms with Gasteiger partial charge in [0.1, 0.15) is 23.9 Å². The molecule has 1 N–H and O–H groups in total. The number of ether oxygens (including phenoxy) is 2. The number of nitrogens with zero attached hydrogens (tertiary/aromatic N) is 2. The molecule has 0 aliphatic carbocycles. The third-order valence-electron chi connectivity index (χ3n) is 4.20. The van der Waals surface area contributed by atoms with Crippen LogP contribution in [0.1, 0.15) is 15.9 Å². The zero-order chi connectivity index (χ0) is 20.6. The highest BCUT2D eigenvalue weighted by atomic mass is 16.5. The molecule has 0 spiro atoms. The molecule has 1 amide bonds. The Hall–Kier alpha value is -4.19. The van der Waals surface area contributed by atoms with Crippen LogP contribution in [0.3, 0.4) is 0 Å². The van der Waals surface area contributed by atoms with Crippen molar-refractivity contribution in [1.29, 1.82) is 0 Å². The Morgan fingerprint density at radius 1 is 0.800 bits per heavy atom. The van der Waals surface area contributed by atoms with E-state index in [1.54, 1.807) is 67.3 Å². The number of carbonyl (C=O) groups excluding carboxylic acids is 1. The van der Waals surface area contributed by atoms with Gasteiger partial charge in [0.2, 0.25) is 0 Å². The van der Waals surface area contributed by atoms with Gasteiger partial charge in [-0.1, -0.05) is 18.2 Å². The molecule has 0 saturated heterocycles. The molecule has 0 saturated carbocycles. The smallest absolute Gasteiger partial charge is 0.255 e. The van der Waals surface area contributed by atoms with E-state index in [0.29, 0.717) is 35.1 Å². The molecule has 0 radical (unpaired) electrons. The van der Waals surface area contributed by atoms with Gasteiger partial charge >= 0.3 is 0 Å². The average molecular weight is 397 g/mol. The maximum atomic E-state index is 12.7. The highest BCUT2D eigenvalue weighted by molar-refractivity contribution is 6.04. The van der Waals surface area contributed by atoms with Crippen LogP contribution in [0.5, 0.6) is 17.2 Å². The Morgan fingerprint density at radius 3 is 2.47 bits per heavy atom. The minimum Gasteiger partial charge on any atom is -0.489 e. The van der Waals surface area contributed by atoms with E-state index in [1.807, 2.05) is 30.3 Å². The van der Waals surface area contributed by atoms with Crippen LogP contribution in [0.4, 0.5) is 5.69 Å². The van der Waals surface area contributed by atoms with Crippen LogP contribution in [0.2, 0.25) is 0 Å². The summed E-state index contributed by atoms with van der Waals surface area (Å²) in [7, 11) is 0. The lowest BCUT2D eigenvalue weighted by Gasteiger charge is -2.10. The topological polar surface area (TPSA) is 73.3 Å². The van der Waals surface area contributed by atoms with Gasteiger partial charge in [-0.25, -0.2) is 0 Å². The van der Waals surface area contributed by atoms with Gasteiger partial charge in [0, 0.05) is 47.7 Å². The molecule has 30 heavy (non-hydrogen) atoms. The first-order valence-electron chi connectivity index (χ1n) is 9.37. The lowest BCUT2D eigenvalue weighted by atomic mass is 10.2. The van der Waals surface area contributed by atoms with Crippen molar-refractivity contribution in [2.45, 2.75) is 6.61 Å². The number of anilines is 1. The molecule has 4 rings (SSSR count). The van der Waals surface area contributed by atoms with E-state index in [-0.39, 0.29) is 5.91 Å². The fraction of sp³-hybridized carbons (Fsp3) is 0.0417. The van der Waals surface area contributed by atoms with E-state index in [0.717, 1.165) is 5.56 Å². The zero-order valence-corrected chi connectivity index (χ0v) is 16.1. The van der Waals surface area contributed by atoms with Crippen molar-refractivity contribution in [3.8, 4) is 17.2 Å². The minimum absolute atomic E-state index is 0.233. The number of hydrogen-bond acceptors (Lipinski definition) is 5. The number of nitrogens with one attached hydrogen (secondary N) is 1. The van der Waals surface area contributed by atoms with E-state index < -0.39 is 0 Å². The summed E-state index contributed by atoms with van der Waals surface area (Å²) in [6.07, 6.45) is 6.78. The van der Waals surface area contributed by atoms with Gasteiger partial charge in [-0.2, -0.15) is 0 Å². The first kappa shape index (κ1) is 19.1. The van der Waals surface area contributed by atoms with Crippen LogP contribution in [-0.2, 0) is 6.61 Å². The molecule has 6 nitrogen and oxygen atoms in total. The third-order valence-corrected chi connectivity index (χ3v) is 4.20. The van der Waals surface area contributed by atoms with Crippen molar-refractivity contribution in [2.75, 3.05) is 5.32 Å². The molecular formula is C24H19N3O3. The van der Waals surface area contributed by atoms with Crippen LogP contribution in [0.15, 0.2) is 97.6 Å². The summed E-state index contributed by atoms with van der Waals surface area (Å²) < 4.78 is 11.6. The molecule has 0 aliphatic rings. The molecule has 6 heteroatoms. The second-order valence-corrected chi connectivity index (χ2v) is 6.44. The second-order valence-electron chi connectivity index (χ2n) is 6.44. The number of rotatable bonds is 7. The zero-order valence-electron chi connectivity index (χ0n) is 16.1. The number of aromatic nitrogens is 2. The lowest BCUT2D eigenvalue weighted by molar-refractivity contribution is 0.102. The van der Waals surface area contributed by atoms with Crippen molar-refractivity contribution >= 4 is 11.6 Å². The molecule has 0 bridgehead atoms. The third kappa shape index (κ3) is 5.20. The van der Waals surface area contributed by atoms with Crippen molar-refractivity contribution in [2.24, 2.45) is 0 Å². The second kappa shape index (κ2) is 9.34. The van der Waals surface area contributed by atoms with Gasteiger partial charge in [0.05, 0.1) is 0 Å². The summed E-state index contributed by atoms with van der Waals surface area (Å²) in [6, 6.07) is 21.6. The molecule has 0 atom stereocenters. The summed E-state index contributed by atoms with van der Waals surface area (Å²) in [4.78, 5) is 20.7. The Balaban J connectivity index is 1.41. The predicted molar refractivity (Wildman–Crippen MR) is 114 cm³/mol. The summed E-state index contributed by atoms with van der Waals surface area (Å²) in [6.45, 7) is 0.382. The minimum atomic E-state index is -0.233. The predicted octanol–water partition coefficient (Wildman–Crippen LogP) is 5.10. The van der Waals surface area contributed by atoms with Crippen LogP contribution in [-0.4, -0.2) is 15.9 Å². The number of amides is 1. The largest absolute Gasteiger partial charge is 0.489 e. The fourth-order valence-electron chi connectivity index (χ4n) is 2.76. The van der Waals surface area contributed by atoms with E-state index >= 15 is 0 Å². The van der Waals surface area contributed by atoms with E-state index in [2.05, 4.69) is 15.3 Å². The Morgan fingerprint density at radius 2 is 1.63 bits per heavy atom. The van der Waals surface area contributed by atoms with Crippen molar-refractivity contribution in [1.82, 2.24) is 9.97 Å². The number of carbonyl (C=O) groups is 1. The average Bonchev–Trinajstić information content (AvgIpc) is 2.79. The number of hydrogen-bond donors (Lipinski definition) is 1. The van der Waals surface area contributed by atoms with Crippen molar-refractivity contribution < 1.29 is 14.3 Å². The summed E-state index contributed by atoms with van der Waals surface area (Å²) >= 11 is 0. The summed E-state index contributed by atoms with van der Waals surface area (Å²) in [5, 5.41) is 2.89. The number of pyridine rings is 2. The fourth-order valence-corrected chi connectivity index (χ4v) is 2.76. The number of benzene rings is 2. The molecule has 0 unspecified atom stereocenters. The van der Waals surface area contributed by atoms with Gasteiger partial charge in [-0.15, -0.1) is 0 Å². The van der Waals surface area contributed by atoms with Crippen LogP contribution in [0.25, 0.3) is 0 Å². The molecule has 148 valence electrons. The van der Waals surface area contributed by atoms with Gasteiger partial charge in [-0.3, -0.25) is 14.8 Å². The summed E-state index contributed by atoms with van der Waals surface area (Å²) in [5.74, 6) is 1.67. The molecule has 4 aromatic rings. The molecular weight excluding hydrogens is 378 g/mol. The highest BCUT2D eigenvalue weighted by Gasteiger charge is 2.09. The molecule has 2 heterocycles. The van der Waals surface area contributed by atoms with Crippen LogP contribution < -0.4 is 14.8 Å². The van der Waals surface area contributed by atoms with E-state index in [9.17, 15) is 4.79 Å². The normalized spacial score (nSPS) is 10.3. The molecule has 0 fully saturated rings. The van der Waals surface area contributed by atoms with Gasteiger partial charge < -0.3 is 14.8 Å². The van der Waals surface area contributed by atoms with Gasteiger partial charge in [-0.05, 0) is 48.5 Å². The van der Waals surface area contributed by atoms with Crippen LogP contribution in [0, 0.1) is 0 Å². The van der Waals surface area contributed by atoms with Gasteiger partial charge in [0.25, 0.3) is 5.91 Å². The van der Waals surface area contributed by atoms with E-state index in [1.165, 1.54) is 0 Å². The Labute approximate surface area is 174 Å². The first-order valence-corrected chi connectivity index (χ1v) is 9.37. The Bertz CT molecular complexity index is 1120. The quantitative estimate of drug-likeness (QED) is 0.470. The molecule has 2 aromatic heterocycles. The standard InChI is InChI=1S/C24H19N3O3/c28-24(19-5-1-7-22(14-19)29-17-18-4-3-11-26-16-18)27-20-6-2-8-23(15-20)30-21-9-12-25-13-10-21/h1-16H,17H2,(H,27,28). The Kier molecular flexibility index (Phi) is 5.96. The first-order chi connectivity index (χ1) is 14.8. The maximum absolute atomic E-state index is 12.7. The monoisotopic (exact) mass is 397 g/mol. The van der Waals surface area contributed by atoms with Crippen LogP contribution >= 0.6 is 0 Å². The molecule has 0 aliphatic heterocycles. The SMILES string of the molecule is O=C(Nc1cccc(Oc2ccncc2)c1)c1cccc(OCc2cccnc2)c1. The van der Waals surface area contributed by atoms with Gasteiger partial charge in [0.15, 0.2) is 0 Å². The lowest BCUT2D eigenvalue weighted by Crippen LogP contribution is -2.12. The maximum Gasteiger partial charge on any atom is 0.255 e. The molecule has 2 aromatic carbocycles. The summed E-state index contributed by atoms with van der Waals surface area (Å²) in [5.41, 5.74) is 2.09. The van der Waals surface area contributed by atoms with Crippen molar-refractivity contribution in [3.63, 3.8) is 0 Å². The highest BCUT2D eigenvalue weighted by Crippen LogP contribution is 2.24. The van der Waals surface area contributed by atoms with E-state index in [4.69, 9.17) is 9.47 Å². The van der Waals surface area contributed by atoms with Crippen molar-refractivity contribution in [3.05, 3.63) is 109 Å².